The third-order valence-electron chi connectivity index (χ3n) is 4.37. The van der Waals surface area contributed by atoms with Gasteiger partial charge in [0.25, 0.3) is 0 Å². The second kappa shape index (κ2) is 6.94. The van der Waals surface area contributed by atoms with Gasteiger partial charge in [0, 0.05) is 24.7 Å². The average Bonchev–Trinajstić information content (AvgIpc) is 3.18. The number of hydrogen-bond donors (Lipinski definition) is 0. The maximum absolute atomic E-state index is 12.6. The molecule has 1 saturated heterocycles. The van der Waals surface area contributed by atoms with E-state index < -0.39 is 10.0 Å². The van der Waals surface area contributed by atoms with E-state index in [1.165, 1.54) is 28.6 Å². The number of aryl methyl sites for hydroxylation is 1. The molecule has 3 aromatic rings. The molecule has 1 aromatic carbocycles. The van der Waals surface area contributed by atoms with Crippen molar-refractivity contribution >= 4 is 32.7 Å². The Balaban J connectivity index is 1.61. The van der Waals surface area contributed by atoms with Crippen molar-refractivity contribution in [2.75, 3.05) is 13.1 Å². The number of pyridine rings is 1. The Morgan fingerprint density at radius 2 is 1.85 bits per heavy atom. The third kappa shape index (κ3) is 3.32. The summed E-state index contributed by atoms with van der Waals surface area (Å²) in [6.07, 6.45) is 4.80. The van der Waals surface area contributed by atoms with E-state index in [9.17, 15) is 8.42 Å². The Hall–Kier alpha value is -2.03. The molecule has 1 fully saturated rings. The molecule has 6 nitrogen and oxygen atoms in total. The minimum Gasteiger partial charge on any atom is -0.248 e. The number of rotatable bonds is 4. The van der Waals surface area contributed by atoms with E-state index in [0.29, 0.717) is 18.1 Å². The first-order valence-corrected chi connectivity index (χ1v) is 10.7. The summed E-state index contributed by atoms with van der Waals surface area (Å²) in [5.41, 5.74) is 2.01. The van der Waals surface area contributed by atoms with Crippen LogP contribution in [-0.2, 0) is 10.0 Å². The van der Waals surface area contributed by atoms with E-state index in [2.05, 4.69) is 15.0 Å². The van der Waals surface area contributed by atoms with Crippen molar-refractivity contribution < 1.29 is 8.42 Å². The predicted molar refractivity (Wildman–Crippen MR) is 101 cm³/mol. The van der Waals surface area contributed by atoms with Gasteiger partial charge in [-0.05, 0) is 55.8 Å². The number of fused-ring (bicyclic) bond motifs is 1. The van der Waals surface area contributed by atoms with Crippen LogP contribution in [0.15, 0.2) is 57.8 Å². The molecule has 0 saturated carbocycles. The van der Waals surface area contributed by atoms with Crippen molar-refractivity contribution in [1.29, 1.82) is 0 Å². The molecule has 0 spiro atoms. The second-order valence-electron chi connectivity index (χ2n) is 6.24. The van der Waals surface area contributed by atoms with E-state index in [4.69, 9.17) is 0 Å². The van der Waals surface area contributed by atoms with Crippen molar-refractivity contribution in [3.05, 3.63) is 48.4 Å². The molecule has 0 aliphatic carbocycles. The van der Waals surface area contributed by atoms with E-state index in [1.54, 1.807) is 12.1 Å². The van der Waals surface area contributed by atoms with Gasteiger partial charge in [-0.25, -0.2) is 23.4 Å². The fraction of sp³-hybridized carbons (Fsp3) is 0.278. The molecule has 0 radical (unpaired) electrons. The molecule has 134 valence electrons. The quantitative estimate of drug-likeness (QED) is 0.641. The molecular formula is C18H18N4O2S2. The molecule has 0 bridgehead atoms. The highest BCUT2D eigenvalue weighted by molar-refractivity contribution is 7.99. The summed E-state index contributed by atoms with van der Waals surface area (Å²) in [5, 5.41) is 2.47. The fourth-order valence-corrected chi connectivity index (χ4v) is 5.26. The zero-order valence-corrected chi connectivity index (χ0v) is 15.9. The molecule has 3 heterocycles. The van der Waals surface area contributed by atoms with E-state index in [0.717, 1.165) is 34.3 Å². The minimum atomic E-state index is -3.43. The first-order valence-electron chi connectivity index (χ1n) is 8.39. The molecule has 0 atom stereocenters. The lowest BCUT2D eigenvalue weighted by Gasteiger charge is -2.15. The van der Waals surface area contributed by atoms with Gasteiger partial charge in [0.1, 0.15) is 21.3 Å². The van der Waals surface area contributed by atoms with Gasteiger partial charge >= 0.3 is 0 Å². The van der Waals surface area contributed by atoms with Gasteiger partial charge in [-0.2, -0.15) is 4.31 Å². The Morgan fingerprint density at radius 3 is 2.58 bits per heavy atom. The van der Waals surface area contributed by atoms with Crippen LogP contribution >= 0.6 is 11.8 Å². The molecular weight excluding hydrogens is 368 g/mol. The average molecular weight is 387 g/mol. The second-order valence-corrected chi connectivity index (χ2v) is 9.19. The Bertz CT molecular complexity index is 1050. The minimum absolute atomic E-state index is 0.243. The van der Waals surface area contributed by atoms with Gasteiger partial charge in [-0.3, -0.25) is 0 Å². The number of aromatic nitrogens is 3. The SMILES string of the molecule is Cc1ccc2ncnc(Sc3ccc(S(=O)(=O)N4CCCC4)cn3)c2c1. The maximum Gasteiger partial charge on any atom is 0.244 e. The standard InChI is InChI=1S/C18H18N4O2S2/c1-13-4-6-16-15(10-13)18(21-12-20-16)25-17-7-5-14(11-19-17)26(23,24)22-8-2-3-9-22/h4-7,10-12H,2-3,8-9H2,1H3. The van der Waals surface area contributed by atoms with Crippen LogP contribution in [0.1, 0.15) is 18.4 Å². The van der Waals surface area contributed by atoms with Crippen molar-refractivity contribution in [2.24, 2.45) is 0 Å². The van der Waals surface area contributed by atoms with E-state index in [-0.39, 0.29) is 4.90 Å². The lowest BCUT2D eigenvalue weighted by molar-refractivity contribution is 0.477. The van der Waals surface area contributed by atoms with Crippen LogP contribution in [0.25, 0.3) is 10.9 Å². The summed E-state index contributed by atoms with van der Waals surface area (Å²) in [5.74, 6) is 0. The van der Waals surface area contributed by atoms with Crippen molar-refractivity contribution in [3.8, 4) is 0 Å². The van der Waals surface area contributed by atoms with Crippen molar-refractivity contribution in [2.45, 2.75) is 34.7 Å². The van der Waals surface area contributed by atoms with Crippen LogP contribution in [0.3, 0.4) is 0 Å². The van der Waals surface area contributed by atoms with Crippen molar-refractivity contribution in [1.82, 2.24) is 19.3 Å². The number of benzene rings is 1. The Labute approximate surface area is 156 Å². The summed E-state index contributed by atoms with van der Waals surface area (Å²) >= 11 is 1.41. The van der Waals surface area contributed by atoms with Gasteiger partial charge in [-0.1, -0.05) is 11.6 Å². The summed E-state index contributed by atoms with van der Waals surface area (Å²) < 4.78 is 26.7. The zero-order valence-electron chi connectivity index (χ0n) is 14.3. The molecule has 4 rings (SSSR count). The predicted octanol–water partition coefficient (Wildman–Crippen LogP) is 3.27. The summed E-state index contributed by atoms with van der Waals surface area (Å²) in [6.45, 7) is 3.20. The molecule has 1 aliphatic heterocycles. The number of nitrogens with zero attached hydrogens (tertiary/aromatic N) is 4. The maximum atomic E-state index is 12.6. The van der Waals surface area contributed by atoms with E-state index >= 15 is 0 Å². The topological polar surface area (TPSA) is 76.1 Å². The number of sulfonamides is 1. The van der Waals surface area contributed by atoms with Gasteiger partial charge < -0.3 is 0 Å². The smallest absolute Gasteiger partial charge is 0.244 e. The monoisotopic (exact) mass is 386 g/mol. The fourth-order valence-electron chi connectivity index (χ4n) is 2.98. The van der Waals surface area contributed by atoms with Gasteiger partial charge in [0.15, 0.2) is 0 Å². The Morgan fingerprint density at radius 1 is 1.04 bits per heavy atom. The highest BCUT2D eigenvalue weighted by atomic mass is 32.2. The van der Waals surface area contributed by atoms with Crippen LogP contribution in [0, 0.1) is 6.92 Å². The summed E-state index contributed by atoms with van der Waals surface area (Å²) in [6, 6.07) is 9.38. The molecule has 0 N–H and O–H groups in total. The zero-order chi connectivity index (χ0) is 18.1. The first kappa shape index (κ1) is 17.4. The normalized spacial score (nSPS) is 15.6. The Kier molecular flexibility index (Phi) is 4.64. The lowest BCUT2D eigenvalue weighted by Crippen LogP contribution is -2.27. The summed E-state index contributed by atoms with van der Waals surface area (Å²) in [7, 11) is -3.43. The van der Waals surface area contributed by atoms with Gasteiger partial charge in [0.05, 0.1) is 5.52 Å². The van der Waals surface area contributed by atoms with Crippen LogP contribution in [0.5, 0.6) is 0 Å². The first-order chi connectivity index (χ1) is 12.5. The van der Waals surface area contributed by atoms with Gasteiger partial charge in [0.2, 0.25) is 10.0 Å². The van der Waals surface area contributed by atoms with Crippen LogP contribution < -0.4 is 0 Å². The van der Waals surface area contributed by atoms with Crippen LogP contribution in [0.4, 0.5) is 0 Å². The highest BCUT2D eigenvalue weighted by Crippen LogP contribution is 2.31. The molecule has 26 heavy (non-hydrogen) atoms. The molecule has 0 amide bonds. The highest BCUT2D eigenvalue weighted by Gasteiger charge is 2.27. The summed E-state index contributed by atoms with van der Waals surface area (Å²) in [4.78, 5) is 13.2. The molecule has 1 aliphatic rings. The lowest BCUT2D eigenvalue weighted by atomic mass is 10.2. The molecule has 2 aromatic heterocycles. The third-order valence-corrected chi connectivity index (χ3v) is 7.22. The van der Waals surface area contributed by atoms with Crippen LogP contribution in [-0.4, -0.2) is 40.8 Å². The van der Waals surface area contributed by atoms with Crippen molar-refractivity contribution in [3.63, 3.8) is 0 Å². The molecule has 8 heteroatoms. The largest absolute Gasteiger partial charge is 0.248 e. The van der Waals surface area contributed by atoms with Gasteiger partial charge in [-0.15, -0.1) is 0 Å². The molecule has 0 unspecified atom stereocenters. The van der Waals surface area contributed by atoms with Crippen LogP contribution in [0.2, 0.25) is 0 Å². The van der Waals surface area contributed by atoms with E-state index in [1.807, 2.05) is 25.1 Å². The number of hydrogen-bond acceptors (Lipinski definition) is 6.